The van der Waals surface area contributed by atoms with Crippen LogP contribution in [0.4, 0.5) is 5.69 Å². The lowest BCUT2D eigenvalue weighted by Crippen LogP contribution is -2.12. The van der Waals surface area contributed by atoms with Crippen LogP contribution in [-0.4, -0.2) is 10.9 Å². The van der Waals surface area contributed by atoms with Gasteiger partial charge in [0.25, 0.3) is 5.91 Å². The first-order valence-corrected chi connectivity index (χ1v) is 5.25. The maximum absolute atomic E-state index is 11.8. The minimum absolute atomic E-state index is 0.171. The zero-order valence-corrected chi connectivity index (χ0v) is 9.51. The van der Waals surface area contributed by atoms with Crippen molar-refractivity contribution in [2.75, 3.05) is 5.32 Å². The molecule has 0 bridgehead atoms. The number of anilines is 1. The number of halogens is 1. The summed E-state index contributed by atoms with van der Waals surface area (Å²) in [5, 5.41) is 3.40. The molecule has 0 saturated carbocycles. The van der Waals surface area contributed by atoms with Gasteiger partial charge in [-0.2, -0.15) is 0 Å². The van der Waals surface area contributed by atoms with E-state index in [0.717, 1.165) is 11.3 Å². The number of carbonyl (C=O) groups excluding carboxylic acids is 1. The summed E-state index contributed by atoms with van der Waals surface area (Å²) >= 11 is 5.87. The Morgan fingerprint density at radius 2 is 2.19 bits per heavy atom. The number of amides is 1. The third-order valence-electron chi connectivity index (χ3n) is 2.29. The van der Waals surface area contributed by atoms with Gasteiger partial charge in [0.1, 0.15) is 5.69 Å². The molecule has 0 aliphatic heterocycles. The third kappa shape index (κ3) is 2.25. The molecule has 0 radical (unpaired) electrons. The van der Waals surface area contributed by atoms with Gasteiger partial charge in [0.15, 0.2) is 0 Å². The van der Waals surface area contributed by atoms with E-state index >= 15 is 0 Å². The molecule has 4 heteroatoms. The number of hydrogen-bond acceptors (Lipinski definition) is 1. The van der Waals surface area contributed by atoms with Gasteiger partial charge in [-0.15, -0.1) is 0 Å². The lowest BCUT2D eigenvalue weighted by molar-refractivity contribution is 0.102. The van der Waals surface area contributed by atoms with Crippen LogP contribution in [0.15, 0.2) is 36.5 Å². The van der Waals surface area contributed by atoms with E-state index in [0.29, 0.717) is 10.7 Å². The van der Waals surface area contributed by atoms with Crippen molar-refractivity contribution in [3.8, 4) is 0 Å². The highest BCUT2D eigenvalue weighted by Crippen LogP contribution is 2.20. The molecule has 2 N–H and O–H groups in total. The molecular formula is C12H11ClN2O. The van der Waals surface area contributed by atoms with E-state index in [-0.39, 0.29) is 5.91 Å². The number of benzene rings is 1. The summed E-state index contributed by atoms with van der Waals surface area (Å²) in [5.74, 6) is -0.171. The first-order valence-electron chi connectivity index (χ1n) is 4.88. The molecule has 2 aromatic rings. The van der Waals surface area contributed by atoms with Crippen LogP contribution in [0.2, 0.25) is 5.02 Å². The Kier molecular flexibility index (Phi) is 2.97. The Labute approximate surface area is 98.4 Å². The van der Waals surface area contributed by atoms with E-state index in [1.807, 2.05) is 13.0 Å². The van der Waals surface area contributed by atoms with Crippen molar-refractivity contribution in [3.63, 3.8) is 0 Å². The molecule has 0 spiro atoms. The summed E-state index contributed by atoms with van der Waals surface area (Å²) in [6.45, 7) is 1.92. The van der Waals surface area contributed by atoms with E-state index < -0.39 is 0 Å². The Morgan fingerprint density at radius 3 is 2.88 bits per heavy atom. The minimum atomic E-state index is -0.171. The monoisotopic (exact) mass is 234 g/mol. The summed E-state index contributed by atoms with van der Waals surface area (Å²) in [7, 11) is 0. The number of carbonyl (C=O) groups is 1. The summed E-state index contributed by atoms with van der Waals surface area (Å²) in [5.41, 5.74) is 2.23. The number of aryl methyl sites for hydroxylation is 1. The molecule has 0 unspecified atom stereocenters. The first kappa shape index (κ1) is 10.8. The predicted molar refractivity (Wildman–Crippen MR) is 64.9 cm³/mol. The zero-order valence-electron chi connectivity index (χ0n) is 8.75. The van der Waals surface area contributed by atoms with Crippen LogP contribution < -0.4 is 5.32 Å². The van der Waals surface area contributed by atoms with Gasteiger partial charge in [0.2, 0.25) is 0 Å². The molecule has 2 rings (SSSR count). The summed E-state index contributed by atoms with van der Waals surface area (Å²) in [4.78, 5) is 14.6. The molecule has 0 aliphatic carbocycles. The summed E-state index contributed by atoms with van der Waals surface area (Å²) < 4.78 is 0. The lowest BCUT2D eigenvalue weighted by Gasteiger charge is -2.07. The molecular weight excluding hydrogens is 224 g/mol. The number of aromatic nitrogens is 1. The van der Waals surface area contributed by atoms with E-state index in [1.165, 1.54) is 0 Å². The van der Waals surface area contributed by atoms with Crippen LogP contribution in [0.3, 0.4) is 0 Å². The van der Waals surface area contributed by atoms with Crippen molar-refractivity contribution in [1.82, 2.24) is 4.98 Å². The van der Waals surface area contributed by atoms with Crippen molar-refractivity contribution < 1.29 is 4.79 Å². The fourth-order valence-electron chi connectivity index (χ4n) is 1.39. The molecule has 0 atom stereocenters. The van der Waals surface area contributed by atoms with Gasteiger partial charge >= 0.3 is 0 Å². The van der Waals surface area contributed by atoms with Gasteiger partial charge in [-0.25, -0.2) is 0 Å². The average Bonchev–Trinajstić information content (AvgIpc) is 2.76. The van der Waals surface area contributed by atoms with Crippen LogP contribution in [0.25, 0.3) is 0 Å². The summed E-state index contributed by atoms with van der Waals surface area (Å²) in [6, 6.07) is 8.89. The number of aromatic amines is 1. The van der Waals surface area contributed by atoms with E-state index in [4.69, 9.17) is 11.6 Å². The number of rotatable bonds is 2. The average molecular weight is 235 g/mol. The molecule has 16 heavy (non-hydrogen) atoms. The Morgan fingerprint density at radius 1 is 1.38 bits per heavy atom. The SMILES string of the molecule is Cc1ccc(Cl)cc1NC(=O)c1ccc[nH]1. The number of hydrogen-bond donors (Lipinski definition) is 2. The second-order valence-corrected chi connectivity index (χ2v) is 3.93. The number of nitrogens with one attached hydrogen (secondary N) is 2. The Hall–Kier alpha value is -1.74. The highest BCUT2D eigenvalue weighted by molar-refractivity contribution is 6.31. The van der Waals surface area contributed by atoms with E-state index in [2.05, 4.69) is 10.3 Å². The van der Waals surface area contributed by atoms with Crippen LogP contribution in [0.5, 0.6) is 0 Å². The Bertz CT molecular complexity index is 506. The fourth-order valence-corrected chi connectivity index (χ4v) is 1.56. The molecule has 3 nitrogen and oxygen atoms in total. The van der Waals surface area contributed by atoms with Crippen molar-refractivity contribution >= 4 is 23.2 Å². The van der Waals surface area contributed by atoms with Gasteiger partial charge in [-0.3, -0.25) is 4.79 Å². The standard InChI is InChI=1S/C12H11ClN2O/c1-8-4-5-9(13)7-11(8)15-12(16)10-3-2-6-14-10/h2-7,14H,1H3,(H,15,16). The van der Waals surface area contributed by atoms with Gasteiger partial charge < -0.3 is 10.3 Å². The first-order chi connectivity index (χ1) is 7.66. The molecule has 0 fully saturated rings. The van der Waals surface area contributed by atoms with Crippen molar-refractivity contribution in [2.45, 2.75) is 6.92 Å². The molecule has 0 aliphatic rings. The minimum Gasteiger partial charge on any atom is -0.357 e. The van der Waals surface area contributed by atoms with Gasteiger partial charge in [-0.05, 0) is 36.8 Å². The predicted octanol–water partition coefficient (Wildman–Crippen LogP) is 3.23. The quantitative estimate of drug-likeness (QED) is 0.823. The van der Waals surface area contributed by atoms with Crippen LogP contribution in [-0.2, 0) is 0 Å². The normalized spacial score (nSPS) is 10.1. The smallest absolute Gasteiger partial charge is 0.272 e. The second kappa shape index (κ2) is 4.41. The van der Waals surface area contributed by atoms with Crippen molar-refractivity contribution in [3.05, 3.63) is 52.8 Å². The van der Waals surface area contributed by atoms with Gasteiger partial charge in [0.05, 0.1) is 0 Å². The highest BCUT2D eigenvalue weighted by Gasteiger charge is 2.08. The van der Waals surface area contributed by atoms with Crippen molar-refractivity contribution in [1.29, 1.82) is 0 Å². The largest absolute Gasteiger partial charge is 0.357 e. The fraction of sp³-hybridized carbons (Fsp3) is 0.0833. The molecule has 1 aromatic heterocycles. The highest BCUT2D eigenvalue weighted by atomic mass is 35.5. The molecule has 1 amide bonds. The third-order valence-corrected chi connectivity index (χ3v) is 2.53. The second-order valence-electron chi connectivity index (χ2n) is 3.50. The molecule has 1 heterocycles. The number of H-pyrrole nitrogens is 1. The van der Waals surface area contributed by atoms with Gasteiger partial charge in [-0.1, -0.05) is 17.7 Å². The molecule has 82 valence electrons. The molecule has 0 saturated heterocycles. The van der Waals surface area contributed by atoms with E-state index in [1.54, 1.807) is 30.5 Å². The zero-order chi connectivity index (χ0) is 11.5. The molecule has 1 aromatic carbocycles. The Balaban J connectivity index is 2.21. The van der Waals surface area contributed by atoms with E-state index in [9.17, 15) is 4.79 Å². The van der Waals surface area contributed by atoms with Gasteiger partial charge in [0, 0.05) is 16.9 Å². The maximum atomic E-state index is 11.8. The summed E-state index contributed by atoms with van der Waals surface area (Å²) in [6.07, 6.45) is 1.71. The van der Waals surface area contributed by atoms with Crippen molar-refractivity contribution in [2.24, 2.45) is 0 Å². The van der Waals surface area contributed by atoms with Crippen LogP contribution >= 0.6 is 11.6 Å². The topological polar surface area (TPSA) is 44.9 Å². The maximum Gasteiger partial charge on any atom is 0.272 e. The lowest BCUT2D eigenvalue weighted by atomic mass is 10.2. The van der Waals surface area contributed by atoms with Crippen LogP contribution in [0.1, 0.15) is 16.1 Å². The van der Waals surface area contributed by atoms with Crippen LogP contribution in [0, 0.1) is 6.92 Å².